The molecule has 0 amide bonds. The van der Waals surface area contributed by atoms with Gasteiger partial charge in [0.1, 0.15) is 5.69 Å². The van der Waals surface area contributed by atoms with E-state index in [0.717, 1.165) is 0 Å². The zero-order valence-electron chi connectivity index (χ0n) is 9.59. The lowest BCUT2D eigenvalue weighted by molar-refractivity contribution is -0.141. The molecule has 2 heterocycles. The second kappa shape index (κ2) is 5.24. The number of piperidine rings is 1. The summed E-state index contributed by atoms with van der Waals surface area (Å²) in [7, 11) is 0. The summed E-state index contributed by atoms with van der Waals surface area (Å²) < 4.78 is 25.6. The minimum absolute atomic E-state index is 0.0958. The highest BCUT2D eigenvalue weighted by molar-refractivity contribution is 5.71. The number of alkyl halides is 2. The quantitative estimate of drug-likeness (QED) is 0.893. The Morgan fingerprint density at radius 3 is 2.83 bits per heavy atom. The van der Waals surface area contributed by atoms with E-state index in [-0.39, 0.29) is 18.1 Å². The maximum Gasteiger partial charge on any atom is 0.308 e. The van der Waals surface area contributed by atoms with Crippen molar-refractivity contribution in [1.29, 1.82) is 0 Å². The fraction of sp³-hybridized carbons (Fsp3) is 0.545. The molecule has 98 valence electrons. The molecule has 0 spiro atoms. The van der Waals surface area contributed by atoms with Crippen molar-refractivity contribution in [3.8, 4) is 0 Å². The fourth-order valence-corrected chi connectivity index (χ4v) is 2.11. The molecule has 1 saturated heterocycles. The lowest BCUT2D eigenvalue weighted by atomic mass is 9.98. The van der Waals surface area contributed by atoms with Crippen LogP contribution in [0.25, 0.3) is 0 Å². The molecule has 0 aromatic carbocycles. The van der Waals surface area contributed by atoms with Gasteiger partial charge in [0.2, 0.25) is 0 Å². The van der Waals surface area contributed by atoms with E-state index in [0.29, 0.717) is 19.4 Å². The SMILES string of the molecule is O=C(O)C1CCCN(c2nccnc2C(F)F)C1. The first-order valence-electron chi connectivity index (χ1n) is 5.66. The Morgan fingerprint density at radius 1 is 1.44 bits per heavy atom. The average Bonchev–Trinajstić information content (AvgIpc) is 2.39. The minimum Gasteiger partial charge on any atom is -0.481 e. The van der Waals surface area contributed by atoms with E-state index in [1.54, 1.807) is 4.90 Å². The molecule has 1 aliphatic rings. The summed E-state index contributed by atoms with van der Waals surface area (Å²) in [6.45, 7) is 0.732. The highest BCUT2D eigenvalue weighted by Gasteiger charge is 2.29. The van der Waals surface area contributed by atoms with E-state index in [2.05, 4.69) is 9.97 Å². The van der Waals surface area contributed by atoms with E-state index >= 15 is 0 Å². The van der Waals surface area contributed by atoms with Gasteiger partial charge < -0.3 is 10.0 Å². The van der Waals surface area contributed by atoms with Gasteiger partial charge in [-0.05, 0) is 12.8 Å². The Hall–Kier alpha value is -1.79. The highest BCUT2D eigenvalue weighted by Crippen LogP contribution is 2.28. The zero-order chi connectivity index (χ0) is 13.1. The third-order valence-electron chi connectivity index (χ3n) is 2.98. The van der Waals surface area contributed by atoms with Crippen LogP contribution in [-0.2, 0) is 4.79 Å². The summed E-state index contributed by atoms with van der Waals surface area (Å²) in [5.74, 6) is -1.34. The molecule has 7 heteroatoms. The summed E-state index contributed by atoms with van der Waals surface area (Å²) in [6, 6.07) is 0. The summed E-state index contributed by atoms with van der Waals surface area (Å²) in [5, 5.41) is 8.97. The normalized spacial score (nSPS) is 20.2. The molecule has 2 rings (SSSR count). The standard InChI is InChI=1S/C11H13F2N3O2/c12-9(13)8-10(15-4-3-14-8)16-5-1-2-7(6-16)11(17)18/h3-4,7,9H,1-2,5-6H2,(H,17,18). The van der Waals surface area contributed by atoms with Crippen molar-refractivity contribution in [3.63, 3.8) is 0 Å². The second-order valence-corrected chi connectivity index (χ2v) is 4.19. The highest BCUT2D eigenvalue weighted by atomic mass is 19.3. The molecule has 1 N–H and O–H groups in total. The minimum atomic E-state index is -2.71. The van der Waals surface area contributed by atoms with Crippen LogP contribution in [0.1, 0.15) is 25.0 Å². The van der Waals surface area contributed by atoms with Gasteiger partial charge in [0, 0.05) is 25.5 Å². The summed E-state index contributed by atoms with van der Waals surface area (Å²) in [5.41, 5.74) is -0.386. The van der Waals surface area contributed by atoms with Gasteiger partial charge in [0.25, 0.3) is 6.43 Å². The van der Waals surface area contributed by atoms with Crippen LogP contribution in [0.5, 0.6) is 0 Å². The van der Waals surface area contributed by atoms with Crippen LogP contribution >= 0.6 is 0 Å². The predicted molar refractivity (Wildman–Crippen MR) is 59.6 cm³/mol. The molecule has 0 radical (unpaired) electrons. The molecule has 1 aromatic rings. The molecular formula is C11H13F2N3O2. The summed E-state index contributed by atoms with van der Waals surface area (Å²) >= 11 is 0. The van der Waals surface area contributed by atoms with Crippen LogP contribution in [0.4, 0.5) is 14.6 Å². The van der Waals surface area contributed by atoms with Crippen molar-refractivity contribution in [1.82, 2.24) is 9.97 Å². The number of hydrogen-bond acceptors (Lipinski definition) is 4. The molecule has 0 aliphatic carbocycles. The van der Waals surface area contributed by atoms with Gasteiger partial charge in [-0.1, -0.05) is 0 Å². The van der Waals surface area contributed by atoms with E-state index in [4.69, 9.17) is 5.11 Å². The lowest BCUT2D eigenvalue weighted by Gasteiger charge is -2.32. The van der Waals surface area contributed by atoms with Crippen molar-refractivity contribution in [2.45, 2.75) is 19.3 Å². The van der Waals surface area contributed by atoms with Crippen LogP contribution < -0.4 is 4.90 Å². The van der Waals surface area contributed by atoms with E-state index < -0.39 is 18.3 Å². The average molecular weight is 257 g/mol. The molecule has 18 heavy (non-hydrogen) atoms. The van der Waals surface area contributed by atoms with E-state index in [1.165, 1.54) is 12.4 Å². The van der Waals surface area contributed by atoms with Gasteiger partial charge in [-0.3, -0.25) is 4.79 Å². The largest absolute Gasteiger partial charge is 0.481 e. The van der Waals surface area contributed by atoms with Crippen molar-refractivity contribution in [2.24, 2.45) is 5.92 Å². The predicted octanol–water partition coefficient (Wildman–Crippen LogP) is 1.72. The Labute approximate surface area is 102 Å². The topological polar surface area (TPSA) is 66.3 Å². The van der Waals surface area contributed by atoms with E-state index in [9.17, 15) is 13.6 Å². The molecular weight excluding hydrogens is 244 g/mol. The first-order chi connectivity index (χ1) is 8.59. The molecule has 1 fully saturated rings. The first kappa shape index (κ1) is 12.7. The van der Waals surface area contributed by atoms with Gasteiger partial charge in [-0.15, -0.1) is 0 Å². The third kappa shape index (κ3) is 2.55. The second-order valence-electron chi connectivity index (χ2n) is 4.19. The van der Waals surface area contributed by atoms with Crippen LogP contribution in [0.3, 0.4) is 0 Å². The molecule has 0 bridgehead atoms. The molecule has 1 aromatic heterocycles. The summed E-state index contributed by atoms with van der Waals surface area (Å²) in [6.07, 6.45) is 1.06. The van der Waals surface area contributed by atoms with Crippen LogP contribution in [0.15, 0.2) is 12.4 Å². The van der Waals surface area contributed by atoms with Gasteiger partial charge in [0.15, 0.2) is 5.82 Å². The van der Waals surface area contributed by atoms with Crippen LogP contribution in [0.2, 0.25) is 0 Å². The van der Waals surface area contributed by atoms with Gasteiger partial charge in [-0.25, -0.2) is 18.7 Å². The Balaban J connectivity index is 2.23. The molecule has 1 aliphatic heterocycles. The zero-order valence-corrected chi connectivity index (χ0v) is 9.59. The molecule has 5 nitrogen and oxygen atoms in total. The smallest absolute Gasteiger partial charge is 0.308 e. The van der Waals surface area contributed by atoms with Gasteiger partial charge >= 0.3 is 5.97 Å². The van der Waals surface area contributed by atoms with Crippen molar-refractivity contribution < 1.29 is 18.7 Å². The Morgan fingerprint density at radius 2 is 2.17 bits per heavy atom. The molecule has 0 saturated carbocycles. The number of aliphatic carboxylic acids is 1. The van der Waals surface area contributed by atoms with Gasteiger partial charge in [0.05, 0.1) is 5.92 Å². The number of carboxylic acids is 1. The molecule has 1 unspecified atom stereocenters. The number of nitrogens with zero attached hydrogens (tertiary/aromatic N) is 3. The lowest BCUT2D eigenvalue weighted by Crippen LogP contribution is -2.39. The maximum atomic E-state index is 12.8. The maximum absolute atomic E-state index is 12.8. The number of anilines is 1. The van der Waals surface area contributed by atoms with Crippen LogP contribution in [0, 0.1) is 5.92 Å². The number of aromatic nitrogens is 2. The fourth-order valence-electron chi connectivity index (χ4n) is 2.11. The Bertz CT molecular complexity index is 442. The van der Waals surface area contributed by atoms with Gasteiger partial charge in [-0.2, -0.15) is 0 Å². The molecule has 1 atom stereocenters. The monoisotopic (exact) mass is 257 g/mol. The third-order valence-corrected chi connectivity index (χ3v) is 2.98. The Kier molecular flexibility index (Phi) is 3.69. The number of carboxylic acid groups (broad SMARTS) is 1. The van der Waals surface area contributed by atoms with Crippen molar-refractivity contribution >= 4 is 11.8 Å². The number of halogens is 2. The number of rotatable bonds is 3. The summed E-state index contributed by atoms with van der Waals surface area (Å²) in [4.78, 5) is 20.0. The van der Waals surface area contributed by atoms with Crippen molar-refractivity contribution in [3.05, 3.63) is 18.1 Å². The van der Waals surface area contributed by atoms with E-state index in [1.807, 2.05) is 0 Å². The van der Waals surface area contributed by atoms with Crippen LogP contribution in [-0.4, -0.2) is 34.1 Å². The first-order valence-corrected chi connectivity index (χ1v) is 5.66. The number of carbonyl (C=O) groups is 1. The van der Waals surface area contributed by atoms with Crippen molar-refractivity contribution in [2.75, 3.05) is 18.0 Å². The number of hydrogen-bond donors (Lipinski definition) is 1.